The first-order valence-corrected chi connectivity index (χ1v) is 16.1. The van der Waals surface area contributed by atoms with Crippen LogP contribution in [0.1, 0.15) is 54.4 Å². The van der Waals surface area contributed by atoms with E-state index in [4.69, 9.17) is 26.6 Å². The first-order chi connectivity index (χ1) is 14.5. The van der Waals surface area contributed by atoms with E-state index in [1.165, 1.54) is 11.8 Å². The van der Waals surface area contributed by atoms with Crippen LogP contribution in [0.15, 0.2) is 0 Å². The van der Waals surface area contributed by atoms with E-state index in [1.54, 1.807) is 0 Å². The lowest BCUT2D eigenvalue weighted by Gasteiger charge is -2.28. The molecule has 0 aliphatic heterocycles. The molecule has 0 aromatic carbocycles. The maximum Gasteiger partial charge on any atom is 0.500 e. The number of carbonyl (C=O) groups is 1. The Bertz CT molecular complexity index is 366. The molecule has 0 unspecified atom stereocenters. The third kappa shape index (κ3) is 12.8. The van der Waals surface area contributed by atoms with Crippen LogP contribution in [0.5, 0.6) is 0 Å². The summed E-state index contributed by atoms with van der Waals surface area (Å²) in [6.45, 7) is 15.6. The van der Waals surface area contributed by atoms with Crippen LogP contribution in [0.3, 0.4) is 0 Å². The van der Waals surface area contributed by atoms with Crippen LogP contribution >= 0.6 is 11.8 Å². The summed E-state index contributed by atoms with van der Waals surface area (Å²) in [5.41, 5.74) is 0. The van der Waals surface area contributed by atoms with E-state index in [-0.39, 0.29) is 5.24 Å². The van der Waals surface area contributed by atoms with E-state index in [1.807, 2.05) is 41.5 Å². The predicted octanol–water partition coefficient (Wildman–Crippen LogP) is 4.31. The summed E-state index contributed by atoms with van der Waals surface area (Å²) in [7, 11) is -5.26. The molecule has 0 aliphatic carbocycles. The Hall–Kier alpha value is 0.0138. The molecule has 0 aromatic rings. The van der Waals surface area contributed by atoms with Crippen molar-refractivity contribution < 1.29 is 31.4 Å². The minimum Gasteiger partial charge on any atom is -0.374 e. The molecule has 30 heavy (non-hydrogen) atoms. The molecule has 0 aliphatic rings. The minimum atomic E-state index is -2.64. The second kappa shape index (κ2) is 18.6. The van der Waals surface area contributed by atoms with Gasteiger partial charge in [-0.25, -0.2) is 0 Å². The quantitative estimate of drug-likeness (QED) is 0.202. The Balaban J connectivity index is 4.27. The van der Waals surface area contributed by atoms with Crippen molar-refractivity contribution in [1.82, 2.24) is 5.32 Å². The molecule has 0 bridgehead atoms. The molecule has 0 aromatic heterocycles. The summed E-state index contributed by atoms with van der Waals surface area (Å²) in [4.78, 5) is 12.1. The molecule has 0 rings (SSSR count). The second-order valence-electron chi connectivity index (χ2n) is 6.23. The van der Waals surface area contributed by atoms with E-state index in [9.17, 15) is 4.79 Å². The number of thioether (sulfide) groups is 1. The second-order valence-corrected chi connectivity index (χ2v) is 12.8. The molecule has 0 atom stereocenters. The zero-order valence-electron chi connectivity index (χ0n) is 19.8. The maximum atomic E-state index is 12.1. The van der Waals surface area contributed by atoms with Crippen molar-refractivity contribution in [2.75, 3.05) is 51.9 Å². The molecule has 0 saturated heterocycles. The number of amides is 1. The van der Waals surface area contributed by atoms with Crippen molar-refractivity contribution >= 4 is 34.6 Å². The average Bonchev–Trinajstić information content (AvgIpc) is 2.70. The Labute approximate surface area is 189 Å². The van der Waals surface area contributed by atoms with Gasteiger partial charge in [0.15, 0.2) is 0 Å². The topological polar surface area (TPSA) is 84.5 Å². The smallest absolute Gasteiger partial charge is 0.374 e. The van der Waals surface area contributed by atoms with Crippen LogP contribution in [-0.2, 0) is 26.6 Å². The average molecular weight is 486 g/mol. The summed E-state index contributed by atoms with van der Waals surface area (Å²) in [6, 6.07) is 1.41. The Morgan fingerprint density at radius 2 is 1.03 bits per heavy atom. The highest BCUT2D eigenvalue weighted by Gasteiger charge is 2.40. The molecule has 1 amide bonds. The van der Waals surface area contributed by atoms with Crippen molar-refractivity contribution in [2.45, 2.75) is 66.5 Å². The normalized spacial score (nSPS) is 12.3. The third-order valence-corrected chi connectivity index (χ3v) is 11.2. The molecule has 180 valence electrons. The zero-order chi connectivity index (χ0) is 22.7. The van der Waals surface area contributed by atoms with Crippen molar-refractivity contribution in [3.05, 3.63) is 0 Å². The summed E-state index contributed by atoms with van der Waals surface area (Å²) in [5.74, 6) is 0.698. The number of hydrogen-bond donors (Lipinski definition) is 1. The minimum absolute atomic E-state index is 0.0250. The summed E-state index contributed by atoms with van der Waals surface area (Å²) >= 11 is 1.28. The van der Waals surface area contributed by atoms with Crippen LogP contribution in [0, 0.1) is 0 Å². The molecule has 11 heteroatoms. The largest absolute Gasteiger partial charge is 0.500 e. The lowest BCUT2D eigenvalue weighted by Crippen LogP contribution is -2.46. The van der Waals surface area contributed by atoms with Gasteiger partial charge in [-0.1, -0.05) is 11.8 Å². The van der Waals surface area contributed by atoms with Gasteiger partial charge >= 0.3 is 17.6 Å². The Morgan fingerprint density at radius 1 is 0.667 bits per heavy atom. The highest BCUT2D eigenvalue weighted by Crippen LogP contribution is 2.21. The number of nitrogens with one attached hydrogen (secondary N) is 1. The van der Waals surface area contributed by atoms with Crippen LogP contribution in [0.2, 0.25) is 12.1 Å². The zero-order valence-corrected chi connectivity index (χ0v) is 22.6. The fourth-order valence-corrected chi connectivity index (χ4v) is 9.16. The SMILES string of the molecule is CCO[Si](CCCNC(=O)SCCC[Si](OCC)(OCC)OCC)(OCC)OCC. The van der Waals surface area contributed by atoms with Gasteiger partial charge in [-0.05, 0) is 54.4 Å². The first-order valence-electron chi connectivity index (χ1n) is 11.2. The van der Waals surface area contributed by atoms with Crippen LogP contribution in [-0.4, -0.2) is 74.8 Å². The van der Waals surface area contributed by atoms with Gasteiger partial charge in [0, 0.05) is 64.0 Å². The van der Waals surface area contributed by atoms with Crippen molar-refractivity contribution in [3.8, 4) is 0 Å². The van der Waals surface area contributed by atoms with Gasteiger partial charge in [0.25, 0.3) is 5.24 Å². The summed E-state index contributed by atoms with van der Waals surface area (Å²) < 4.78 is 35.0. The van der Waals surface area contributed by atoms with E-state index in [0.717, 1.165) is 12.8 Å². The van der Waals surface area contributed by atoms with Gasteiger partial charge in [0.2, 0.25) is 0 Å². The van der Waals surface area contributed by atoms with Gasteiger partial charge in [0.05, 0.1) is 0 Å². The number of carbonyl (C=O) groups excluding carboxylic acids is 1. The number of rotatable bonds is 20. The molecule has 0 heterocycles. The molecule has 0 fully saturated rings. The van der Waals surface area contributed by atoms with Gasteiger partial charge in [-0.2, -0.15) is 0 Å². The van der Waals surface area contributed by atoms with E-state index >= 15 is 0 Å². The lowest BCUT2D eigenvalue weighted by molar-refractivity contribution is 0.0702. The van der Waals surface area contributed by atoms with Gasteiger partial charge in [0.1, 0.15) is 0 Å². The van der Waals surface area contributed by atoms with E-state index in [0.29, 0.717) is 64.0 Å². The lowest BCUT2D eigenvalue weighted by atomic mass is 10.5. The van der Waals surface area contributed by atoms with Crippen LogP contribution in [0.25, 0.3) is 0 Å². The third-order valence-electron chi connectivity index (χ3n) is 3.98. The standard InChI is InChI=1S/C19H43NO7SSi2/c1-7-22-29(23-8-2,24-9-3)17-13-15-20-19(21)28-16-14-18-30(25-10-4,26-11-5)27-12-6/h7-18H2,1-6H3,(H,20,21). The van der Waals surface area contributed by atoms with Gasteiger partial charge in [-0.3, -0.25) is 4.79 Å². The fourth-order valence-electron chi connectivity index (χ4n) is 3.00. The fraction of sp³-hybridized carbons (Fsp3) is 0.947. The van der Waals surface area contributed by atoms with Crippen molar-refractivity contribution in [3.63, 3.8) is 0 Å². The van der Waals surface area contributed by atoms with Crippen LogP contribution < -0.4 is 5.32 Å². The number of hydrogen-bond acceptors (Lipinski definition) is 8. The monoisotopic (exact) mass is 485 g/mol. The Morgan fingerprint density at radius 3 is 1.40 bits per heavy atom. The van der Waals surface area contributed by atoms with E-state index < -0.39 is 17.6 Å². The van der Waals surface area contributed by atoms with Gasteiger partial charge < -0.3 is 31.9 Å². The molecule has 0 radical (unpaired) electrons. The maximum absolute atomic E-state index is 12.1. The first kappa shape index (κ1) is 30.0. The van der Waals surface area contributed by atoms with E-state index in [2.05, 4.69) is 5.32 Å². The van der Waals surface area contributed by atoms with Crippen LogP contribution in [0.4, 0.5) is 4.79 Å². The van der Waals surface area contributed by atoms with Gasteiger partial charge in [-0.15, -0.1) is 0 Å². The molecular formula is C19H43NO7SSi2. The Kier molecular flexibility index (Phi) is 18.6. The highest BCUT2D eigenvalue weighted by atomic mass is 32.2. The molecular weight excluding hydrogens is 442 g/mol. The summed E-state index contributed by atoms with van der Waals surface area (Å²) in [5, 5.41) is 2.93. The molecule has 1 N–H and O–H groups in total. The highest BCUT2D eigenvalue weighted by molar-refractivity contribution is 8.13. The summed E-state index contributed by atoms with van der Waals surface area (Å²) in [6.07, 6.45) is 1.56. The predicted molar refractivity (Wildman–Crippen MR) is 126 cm³/mol. The van der Waals surface area contributed by atoms with Crippen molar-refractivity contribution in [1.29, 1.82) is 0 Å². The molecule has 8 nitrogen and oxygen atoms in total. The van der Waals surface area contributed by atoms with Crippen molar-refractivity contribution in [2.24, 2.45) is 0 Å². The molecule has 0 spiro atoms. The molecule has 0 saturated carbocycles.